The quantitative estimate of drug-likeness (QED) is 0.826. The number of rotatable bonds is 2. The Morgan fingerprint density at radius 1 is 1.20 bits per heavy atom. The van der Waals surface area contributed by atoms with Crippen molar-refractivity contribution in [3.05, 3.63) is 41.3 Å². The summed E-state index contributed by atoms with van der Waals surface area (Å²) in [5.74, 6) is 0.876. The highest BCUT2D eigenvalue weighted by Gasteiger charge is 2.27. The predicted octanol–water partition coefficient (Wildman–Crippen LogP) is 2.57. The lowest BCUT2D eigenvalue weighted by Crippen LogP contribution is -2.40. The Kier molecular flexibility index (Phi) is 5.36. The number of carbonyl (C=O) groups excluding carboxylic acids is 2. The van der Waals surface area contributed by atoms with E-state index in [0.29, 0.717) is 31.0 Å². The van der Waals surface area contributed by atoms with Crippen LogP contribution in [0.1, 0.15) is 48.8 Å². The van der Waals surface area contributed by atoms with Gasteiger partial charge in [-0.05, 0) is 48.8 Å². The number of nitrogens with zero attached hydrogens (tertiary/aromatic N) is 5. The average molecular weight is 404 g/mol. The van der Waals surface area contributed by atoms with Crippen LogP contribution in [0.2, 0.25) is 0 Å². The van der Waals surface area contributed by atoms with Gasteiger partial charge in [-0.2, -0.15) is 5.26 Å². The summed E-state index contributed by atoms with van der Waals surface area (Å²) < 4.78 is 0. The summed E-state index contributed by atoms with van der Waals surface area (Å²) in [5, 5.41) is 9.95. The Morgan fingerprint density at radius 3 is 2.63 bits per heavy atom. The average Bonchev–Trinajstić information content (AvgIpc) is 2.77. The van der Waals surface area contributed by atoms with Gasteiger partial charge in [0.25, 0.3) is 0 Å². The fraction of sp³-hybridized carbons (Fsp3) is 0.409. The number of hydrogen-bond acceptors (Lipinski definition) is 5. The van der Waals surface area contributed by atoms with Crippen LogP contribution in [0.5, 0.6) is 0 Å². The zero-order chi connectivity index (χ0) is 21.3. The summed E-state index contributed by atoms with van der Waals surface area (Å²) in [7, 11) is 0. The van der Waals surface area contributed by atoms with Crippen molar-refractivity contribution in [1.29, 1.82) is 5.26 Å². The van der Waals surface area contributed by atoms with Crippen LogP contribution in [0.25, 0.3) is 11.1 Å². The van der Waals surface area contributed by atoms with Gasteiger partial charge in [0.1, 0.15) is 11.9 Å². The van der Waals surface area contributed by atoms with E-state index >= 15 is 0 Å². The Hall–Kier alpha value is -3.47. The molecule has 3 amide bonds. The van der Waals surface area contributed by atoms with E-state index in [2.05, 4.69) is 16.0 Å². The minimum atomic E-state index is -0.505. The zero-order valence-electron chi connectivity index (χ0n) is 17.0. The maximum absolute atomic E-state index is 11.7. The van der Waals surface area contributed by atoms with Crippen molar-refractivity contribution in [2.45, 2.75) is 38.5 Å². The molecule has 4 rings (SSSR count). The maximum Gasteiger partial charge on any atom is 0.320 e. The number of likely N-dealkylation sites (tertiary alicyclic amines) is 1. The van der Waals surface area contributed by atoms with Crippen molar-refractivity contribution in [2.75, 3.05) is 24.5 Å². The molecule has 154 valence electrons. The number of nitrogens with two attached hydrogens (primary N) is 1. The number of primary amides is 1. The molecular formula is C22H24N6O2. The first-order chi connectivity index (χ1) is 14.5. The monoisotopic (exact) mass is 404 g/mol. The molecule has 8 nitrogen and oxygen atoms in total. The molecule has 8 heteroatoms. The van der Waals surface area contributed by atoms with Crippen LogP contribution < -0.4 is 10.6 Å². The first kappa shape index (κ1) is 19.8. The predicted molar refractivity (Wildman–Crippen MR) is 112 cm³/mol. The molecule has 0 spiro atoms. The van der Waals surface area contributed by atoms with E-state index in [-0.39, 0.29) is 11.8 Å². The molecule has 0 saturated carbocycles. The summed E-state index contributed by atoms with van der Waals surface area (Å²) >= 11 is 0. The molecule has 2 aliphatic heterocycles. The molecule has 4 heterocycles. The molecule has 2 aliphatic rings. The lowest BCUT2D eigenvalue weighted by Gasteiger charge is -2.32. The minimum Gasteiger partial charge on any atom is -0.351 e. The second-order valence-corrected chi connectivity index (χ2v) is 7.84. The fourth-order valence-corrected chi connectivity index (χ4v) is 4.46. The lowest BCUT2D eigenvalue weighted by atomic mass is 9.85. The van der Waals surface area contributed by atoms with Gasteiger partial charge in [0.05, 0.1) is 5.56 Å². The van der Waals surface area contributed by atoms with Crippen molar-refractivity contribution in [3.63, 3.8) is 0 Å². The number of aryl methyl sites for hydroxylation is 1. The van der Waals surface area contributed by atoms with Gasteiger partial charge < -0.3 is 10.6 Å². The molecule has 1 saturated heterocycles. The molecule has 1 fully saturated rings. The lowest BCUT2D eigenvalue weighted by molar-refractivity contribution is -0.129. The van der Waals surface area contributed by atoms with Gasteiger partial charge in [0, 0.05) is 56.3 Å². The van der Waals surface area contributed by atoms with Crippen LogP contribution in [0.15, 0.2) is 24.7 Å². The number of aromatic nitrogens is 2. The highest BCUT2D eigenvalue weighted by atomic mass is 16.2. The molecule has 0 aromatic carbocycles. The van der Waals surface area contributed by atoms with Gasteiger partial charge in [0.15, 0.2) is 0 Å². The van der Waals surface area contributed by atoms with Crippen molar-refractivity contribution in [3.8, 4) is 17.2 Å². The van der Waals surface area contributed by atoms with Crippen molar-refractivity contribution < 1.29 is 9.59 Å². The molecule has 0 bridgehead atoms. The summed E-state index contributed by atoms with van der Waals surface area (Å²) in [4.78, 5) is 35.5. The third-order valence-corrected chi connectivity index (χ3v) is 6.07. The highest BCUT2D eigenvalue weighted by Crippen LogP contribution is 2.35. The number of amides is 3. The van der Waals surface area contributed by atoms with E-state index < -0.39 is 6.03 Å². The molecular weight excluding hydrogens is 380 g/mol. The van der Waals surface area contributed by atoms with Crippen LogP contribution >= 0.6 is 0 Å². The normalized spacial score (nSPS) is 16.7. The van der Waals surface area contributed by atoms with Gasteiger partial charge >= 0.3 is 6.03 Å². The smallest absolute Gasteiger partial charge is 0.320 e. The fourth-order valence-electron chi connectivity index (χ4n) is 4.46. The summed E-state index contributed by atoms with van der Waals surface area (Å²) in [6, 6.07) is 3.85. The standard InChI is InChI=1S/C22H24N6O2/c1-14(29)27-7-4-15(5-8-27)19-12-25-13-20(18(19)10-23)17-9-16-3-2-6-28(22(24)30)21(16)26-11-17/h9,11-13,15H,2-8H2,1H3,(H2,24,30). The summed E-state index contributed by atoms with van der Waals surface area (Å²) in [5.41, 5.74) is 9.51. The summed E-state index contributed by atoms with van der Waals surface area (Å²) in [6.45, 7) is 3.54. The SMILES string of the molecule is CC(=O)N1CCC(c2cncc(-c3cnc4c(c3)CCCN4C(N)=O)c2C#N)CC1. The molecule has 2 N–H and O–H groups in total. The van der Waals surface area contributed by atoms with Crippen molar-refractivity contribution >= 4 is 17.8 Å². The number of pyridine rings is 2. The van der Waals surface area contributed by atoms with E-state index in [1.54, 1.807) is 25.5 Å². The molecule has 0 atom stereocenters. The molecule has 2 aromatic rings. The summed E-state index contributed by atoms with van der Waals surface area (Å²) in [6.07, 6.45) is 8.41. The maximum atomic E-state index is 11.7. The second-order valence-electron chi connectivity index (χ2n) is 7.84. The first-order valence-corrected chi connectivity index (χ1v) is 10.2. The third-order valence-electron chi connectivity index (χ3n) is 6.07. The number of piperidine rings is 1. The van der Waals surface area contributed by atoms with E-state index in [9.17, 15) is 14.9 Å². The number of fused-ring (bicyclic) bond motifs is 1. The third kappa shape index (κ3) is 3.59. The number of hydrogen-bond donors (Lipinski definition) is 1. The van der Waals surface area contributed by atoms with E-state index in [0.717, 1.165) is 47.9 Å². The van der Waals surface area contributed by atoms with Crippen LogP contribution in [0.4, 0.5) is 10.6 Å². The number of carbonyl (C=O) groups is 2. The van der Waals surface area contributed by atoms with Crippen molar-refractivity contribution in [2.24, 2.45) is 5.73 Å². The van der Waals surface area contributed by atoms with Crippen molar-refractivity contribution in [1.82, 2.24) is 14.9 Å². The molecule has 2 aromatic heterocycles. The topological polar surface area (TPSA) is 116 Å². The number of anilines is 1. The van der Waals surface area contributed by atoms with E-state index in [4.69, 9.17) is 5.73 Å². The molecule has 0 radical (unpaired) electrons. The zero-order valence-corrected chi connectivity index (χ0v) is 17.0. The van der Waals surface area contributed by atoms with Gasteiger partial charge in [-0.3, -0.25) is 14.7 Å². The van der Waals surface area contributed by atoms with E-state index in [1.165, 1.54) is 4.90 Å². The number of nitriles is 1. The van der Waals surface area contributed by atoms with Gasteiger partial charge in [-0.15, -0.1) is 0 Å². The molecule has 30 heavy (non-hydrogen) atoms. The minimum absolute atomic E-state index is 0.0889. The van der Waals surface area contributed by atoms with Gasteiger partial charge in [0.2, 0.25) is 5.91 Å². The molecule has 0 aliphatic carbocycles. The van der Waals surface area contributed by atoms with Crippen LogP contribution in [0.3, 0.4) is 0 Å². The highest BCUT2D eigenvalue weighted by molar-refractivity contribution is 5.91. The van der Waals surface area contributed by atoms with E-state index in [1.807, 2.05) is 11.0 Å². The Balaban J connectivity index is 1.68. The first-order valence-electron chi connectivity index (χ1n) is 10.2. The molecule has 0 unspecified atom stereocenters. The number of urea groups is 1. The largest absolute Gasteiger partial charge is 0.351 e. The Labute approximate surface area is 175 Å². The van der Waals surface area contributed by atoms with Gasteiger partial charge in [-0.1, -0.05) is 0 Å². The van der Waals surface area contributed by atoms with Crippen LogP contribution in [0, 0.1) is 11.3 Å². The van der Waals surface area contributed by atoms with Crippen LogP contribution in [-0.2, 0) is 11.2 Å². The van der Waals surface area contributed by atoms with Gasteiger partial charge in [-0.25, -0.2) is 9.78 Å². The Morgan fingerprint density at radius 2 is 1.97 bits per heavy atom. The second kappa shape index (κ2) is 8.11. The Bertz CT molecular complexity index is 1040. The van der Waals surface area contributed by atoms with Crippen LogP contribution in [-0.4, -0.2) is 46.4 Å².